The molecule has 2 aromatic rings. The quantitative estimate of drug-likeness (QED) is 0.871. The van der Waals surface area contributed by atoms with E-state index in [0.717, 1.165) is 17.4 Å². The second kappa shape index (κ2) is 5.81. The number of rotatable bonds is 5. The van der Waals surface area contributed by atoms with Gasteiger partial charge in [-0.2, -0.15) is 0 Å². The third kappa shape index (κ3) is 3.11. The molecule has 1 aromatic carbocycles. The van der Waals surface area contributed by atoms with Crippen molar-refractivity contribution < 1.29 is 12.8 Å². The zero-order chi connectivity index (χ0) is 14.8. The predicted octanol–water partition coefficient (Wildman–Crippen LogP) is 1.50. The molecule has 6 nitrogen and oxygen atoms in total. The molecule has 1 heterocycles. The Balaban J connectivity index is 2.30. The van der Waals surface area contributed by atoms with Crippen LogP contribution >= 0.6 is 11.3 Å². The van der Waals surface area contributed by atoms with Crippen molar-refractivity contribution in [3.05, 3.63) is 34.6 Å². The predicted molar refractivity (Wildman–Crippen MR) is 74.4 cm³/mol. The summed E-state index contributed by atoms with van der Waals surface area (Å²) in [4.78, 5) is -0.442. The normalized spacial score (nSPS) is 11.6. The van der Waals surface area contributed by atoms with Gasteiger partial charge in [0.25, 0.3) is 10.0 Å². The van der Waals surface area contributed by atoms with Crippen LogP contribution in [0.3, 0.4) is 0 Å². The number of anilines is 1. The maximum atomic E-state index is 13.8. The van der Waals surface area contributed by atoms with Gasteiger partial charge in [-0.1, -0.05) is 24.3 Å². The highest BCUT2D eigenvalue weighted by atomic mass is 32.2. The number of aromatic nitrogens is 2. The summed E-state index contributed by atoms with van der Waals surface area (Å²) in [7, 11) is -4.02. The third-order valence-electron chi connectivity index (χ3n) is 2.51. The molecule has 0 saturated carbocycles. The molecule has 0 amide bonds. The molecule has 0 aliphatic rings. The Hall–Kier alpha value is -1.58. The third-order valence-corrected chi connectivity index (χ3v) is 5.00. The Labute approximate surface area is 119 Å². The van der Waals surface area contributed by atoms with Gasteiger partial charge in [-0.05, 0) is 24.1 Å². The number of hydrogen-bond acceptors (Lipinski definition) is 6. The van der Waals surface area contributed by atoms with Crippen LogP contribution in [-0.2, 0) is 23.0 Å². The van der Waals surface area contributed by atoms with E-state index < -0.39 is 20.7 Å². The Morgan fingerprint density at radius 1 is 1.40 bits per heavy atom. The molecule has 0 aliphatic heterocycles. The summed E-state index contributed by atoms with van der Waals surface area (Å²) in [6.07, 6.45) is 0.652. The van der Waals surface area contributed by atoms with Crippen molar-refractivity contribution in [3.8, 4) is 0 Å². The highest BCUT2D eigenvalue weighted by molar-refractivity contribution is 7.93. The first-order valence-electron chi connectivity index (χ1n) is 5.80. The summed E-state index contributed by atoms with van der Waals surface area (Å²) < 4.78 is 40.2. The fraction of sp³-hybridized carbons (Fsp3) is 0.273. The lowest BCUT2D eigenvalue weighted by atomic mass is 10.2. The number of halogens is 1. The molecule has 9 heteroatoms. The molecule has 2 rings (SSSR count). The fourth-order valence-corrected chi connectivity index (χ4v) is 3.47. The van der Waals surface area contributed by atoms with Crippen LogP contribution in [0.1, 0.15) is 17.5 Å². The van der Waals surface area contributed by atoms with Crippen LogP contribution in [0.15, 0.2) is 23.1 Å². The molecule has 108 valence electrons. The summed E-state index contributed by atoms with van der Waals surface area (Å²) in [6, 6.07) is 3.75. The summed E-state index contributed by atoms with van der Waals surface area (Å²) in [6.45, 7) is 2.02. The molecule has 0 atom stereocenters. The number of sulfonamides is 1. The minimum absolute atomic E-state index is 0.115. The van der Waals surface area contributed by atoms with Crippen molar-refractivity contribution in [3.63, 3.8) is 0 Å². The lowest BCUT2D eigenvalue weighted by Gasteiger charge is -2.07. The van der Waals surface area contributed by atoms with Crippen molar-refractivity contribution in [1.82, 2.24) is 10.2 Å². The van der Waals surface area contributed by atoms with Crippen molar-refractivity contribution in [2.75, 3.05) is 4.72 Å². The molecular weight excluding hydrogens is 303 g/mol. The SMILES string of the molecule is CCc1nnc(NS(=O)(=O)c2ccc(CN)cc2F)s1. The molecule has 0 unspecified atom stereocenters. The van der Waals surface area contributed by atoms with Gasteiger partial charge in [0.1, 0.15) is 15.7 Å². The lowest BCUT2D eigenvalue weighted by molar-refractivity contribution is 0.569. The average molecular weight is 316 g/mol. The first-order chi connectivity index (χ1) is 9.46. The molecule has 0 aliphatic carbocycles. The minimum atomic E-state index is -4.02. The summed E-state index contributed by atoms with van der Waals surface area (Å²) in [5, 5.41) is 8.30. The van der Waals surface area contributed by atoms with Crippen molar-refractivity contribution in [2.45, 2.75) is 24.8 Å². The molecule has 0 spiro atoms. The van der Waals surface area contributed by atoms with Crippen LogP contribution in [-0.4, -0.2) is 18.6 Å². The van der Waals surface area contributed by atoms with Gasteiger partial charge in [0.05, 0.1) is 0 Å². The van der Waals surface area contributed by atoms with Gasteiger partial charge in [0.2, 0.25) is 5.13 Å². The van der Waals surface area contributed by atoms with Crippen LogP contribution in [0, 0.1) is 5.82 Å². The maximum absolute atomic E-state index is 13.8. The number of aryl methyl sites for hydroxylation is 1. The van der Waals surface area contributed by atoms with Gasteiger partial charge >= 0.3 is 0 Å². The number of benzene rings is 1. The first kappa shape index (κ1) is 14.8. The van der Waals surface area contributed by atoms with Gasteiger partial charge in [-0.3, -0.25) is 4.72 Å². The molecule has 1 aromatic heterocycles. The van der Waals surface area contributed by atoms with Crippen molar-refractivity contribution in [2.24, 2.45) is 5.73 Å². The first-order valence-corrected chi connectivity index (χ1v) is 8.10. The molecule has 0 bridgehead atoms. The second-order valence-electron chi connectivity index (χ2n) is 3.93. The smallest absolute Gasteiger partial charge is 0.266 e. The van der Waals surface area contributed by atoms with Crippen molar-refractivity contribution in [1.29, 1.82) is 0 Å². The molecule has 0 radical (unpaired) electrons. The monoisotopic (exact) mass is 316 g/mol. The van der Waals surface area contributed by atoms with Gasteiger partial charge in [-0.15, -0.1) is 10.2 Å². The van der Waals surface area contributed by atoms with Crippen molar-refractivity contribution >= 4 is 26.5 Å². The molecular formula is C11H13FN4O2S2. The molecule has 3 N–H and O–H groups in total. The highest BCUT2D eigenvalue weighted by Crippen LogP contribution is 2.22. The van der Waals surface area contributed by atoms with Gasteiger partial charge in [0.15, 0.2) is 0 Å². The minimum Gasteiger partial charge on any atom is -0.326 e. The van der Waals surface area contributed by atoms with E-state index >= 15 is 0 Å². The van der Waals surface area contributed by atoms with Gasteiger partial charge in [0, 0.05) is 6.54 Å². The Bertz CT molecular complexity index is 715. The van der Waals surface area contributed by atoms with Crippen LogP contribution in [0.5, 0.6) is 0 Å². The standard InChI is InChI=1S/C11H13FN4O2S2/c1-2-10-14-15-11(19-10)16-20(17,18)9-4-3-7(6-13)5-8(9)12/h3-5H,2,6,13H2,1H3,(H,15,16). The maximum Gasteiger partial charge on any atom is 0.266 e. The Kier molecular flexibility index (Phi) is 4.31. The van der Waals surface area contributed by atoms with E-state index in [1.54, 1.807) is 0 Å². The van der Waals surface area contributed by atoms with Crippen LogP contribution in [0.4, 0.5) is 9.52 Å². The zero-order valence-electron chi connectivity index (χ0n) is 10.6. The second-order valence-corrected chi connectivity index (χ2v) is 6.64. The fourth-order valence-electron chi connectivity index (χ4n) is 1.50. The van der Waals surface area contributed by atoms with Crippen LogP contribution in [0.2, 0.25) is 0 Å². The Morgan fingerprint density at radius 3 is 2.70 bits per heavy atom. The summed E-state index contributed by atoms with van der Waals surface area (Å²) >= 11 is 1.11. The van der Waals surface area contributed by atoms with Crippen LogP contribution < -0.4 is 10.5 Å². The lowest BCUT2D eigenvalue weighted by Crippen LogP contribution is -2.15. The van der Waals surface area contributed by atoms with Gasteiger partial charge in [-0.25, -0.2) is 12.8 Å². The van der Waals surface area contributed by atoms with E-state index in [0.29, 0.717) is 17.0 Å². The Morgan fingerprint density at radius 2 is 2.15 bits per heavy atom. The molecule has 20 heavy (non-hydrogen) atoms. The number of nitrogens with two attached hydrogens (primary N) is 1. The van der Waals surface area contributed by atoms with Crippen LogP contribution in [0.25, 0.3) is 0 Å². The van der Waals surface area contributed by atoms with E-state index in [-0.39, 0.29) is 11.7 Å². The number of nitrogens with zero attached hydrogens (tertiary/aromatic N) is 2. The number of hydrogen-bond donors (Lipinski definition) is 2. The topological polar surface area (TPSA) is 98.0 Å². The average Bonchev–Trinajstić information content (AvgIpc) is 2.85. The van der Waals surface area contributed by atoms with E-state index in [9.17, 15) is 12.8 Å². The summed E-state index contributed by atoms with van der Waals surface area (Å²) in [5.74, 6) is -0.847. The van der Waals surface area contributed by atoms with E-state index in [1.807, 2.05) is 6.92 Å². The number of nitrogens with one attached hydrogen (secondary N) is 1. The zero-order valence-corrected chi connectivity index (χ0v) is 12.3. The largest absolute Gasteiger partial charge is 0.326 e. The summed E-state index contributed by atoms with van der Waals surface area (Å²) in [5.41, 5.74) is 5.89. The molecule has 0 saturated heterocycles. The van der Waals surface area contributed by atoms with E-state index in [2.05, 4.69) is 14.9 Å². The van der Waals surface area contributed by atoms with E-state index in [1.165, 1.54) is 12.1 Å². The highest BCUT2D eigenvalue weighted by Gasteiger charge is 2.21. The van der Waals surface area contributed by atoms with Gasteiger partial charge < -0.3 is 5.73 Å². The van der Waals surface area contributed by atoms with E-state index in [4.69, 9.17) is 5.73 Å². The molecule has 0 fully saturated rings.